The van der Waals surface area contributed by atoms with Gasteiger partial charge in [-0.1, -0.05) is 0 Å². The predicted molar refractivity (Wildman–Crippen MR) is 60.6 cm³/mol. The van der Waals surface area contributed by atoms with Gasteiger partial charge in [-0.25, -0.2) is 0 Å². The Morgan fingerprint density at radius 1 is 1.29 bits per heavy atom. The second kappa shape index (κ2) is 5.39. The molecule has 0 saturated carbocycles. The van der Waals surface area contributed by atoms with Crippen molar-refractivity contribution in [1.29, 1.82) is 0 Å². The smallest absolute Gasteiger partial charge is 0.160 e. The van der Waals surface area contributed by atoms with Gasteiger partial charge in [-0.2, -0.15) is 0 Å². The number of hydrogen-bond acceptors (Lipinski definition) is 6. The molecule has 0 amide bonds. The van der Waals surface area contributed by atoms with Gasteiger partial charge in [0.1, 0.15) is 18.4 Å². The minimum absolute atomic E-state index is 0.0454. The predicted octanol–water partition coefficient (Wildman–Crippen LogP) is 0.0993. The number of methoxy groups -OCH3 is 3. The summed E-state index contributed by atoms with van der Waals surface area (Å²) in [6, 6.07) is 3.56. The Bertz CT molecular complexity index is 349. The van der Waals surface area contributed by atoms with Crippen molar-refractivity contribution in [1.82, 2.24) is 10.2 Å². The van der Waals surface area contributed by atoms with Crippen LogP contribution in [0, 0.1) is 6.20 Å². The molecule has 6 nitrogen and oxygen atoms in total. The van der Waals surface area contributed by atoms with Crippen molar-refractivity contribution in [3.05, 3.63) is 18.3 Å². The SMILES string of the molecule is COC1CN(c2cc[c]nn2)C(OC)C1OC. The third kappa shape index (κ3) is 2.24. The molecule has 3 atom stereocenters. The third-order valence-electron chi connectivity index (χ3n) is 2.96. The molecule has 3 unspecified atom stereocenters. The maximum absolute atomic E-state index is 5.46. The molecule has 0 bridgehead atoms. The highest BCUT2D eigenvalue weighted by molar-refractivity contribution is 5.40. The van der Waals surface area contributed by atoms with Crippen molar-refractivity contribution in [3.8, 4) is 0 Å². The van der Waals surface area contributed by atoms with Crippen molar-refractivity contribution >= 4 is 5.82 Å². The zero-order chi connectivity index (χ0) is 12.3. The average molecular weight is 238 g/mol. The zero-order valence-corrected chi connectivity index (χ0v) is 10.2. The first-order valence-corrected chi connectivity index (χ1v) is 5.36. The maximum atomic E-state index is 5.46. The normalized spacial score (nSPS) is 28.6. The molecule has 1 saturated heterocycles. The molecule has 1 aromatic rings. The molecule has 2 rings (SSSR count). The van der Waals surface area contributed by atoms with Gasteiger partial charge in [-0.15, -0.1) is 10.2 Å². The molecule has 17 heavy (non-hydrogen) atoms. The van der Waals surface area contributed by atoms with Gasteiger partial charge < -0.3 is 19.1 Å². The van der Waals surface area contributed by atoms with Gasteiger partial charge in [-0.3, -0.25) is 0 Å². The summed E-state index contributed by atoms with van der Waals surface area (Å²) in [6.45, 7) is 0.659. The molecule has 2 heterocycles. The van der Waals surface area contributed by atoms with Gasteiger partial charge in [0.25, 0.3) is 0 Å². The Hall–Kier alpha value is -1.24. The summed E-state index contributed by atoms with van der Waals surface area (Å²) in [5.74, 6) is 0.734. The molecule has 93 valence electrons. The van der Waals surface area contributed by atoms with Crippen molar-refractivity contribution < 1.29 is 14.2 Å². The standard InChI is InChI=1S/C11H16N3O3/c1-15-8-7-14(9-5-4-6-12-13-9)11(17-3)10(8)16-2/h4-5,8,10-11H,7H2,1-3H3. The Balaban J connectivity index is 2.23. The van der Waals surface area contributed by atoms with E-state index < -0.39 is 0 Å². The van der Waals surface area contributed by atoms with Crippen LogP contribution in [-0.4, -0.2) is 56.5 Å². The van der Waals surface area contributed by atoms with Crippen molar-refractivity contribution in [3.63, 3.8) is 0 Å². The molecule has 0 aromatic carbocycles. The zero-order valence-electron chi connectivity index (χ0n) is 10.2. The second-order valence-electron chi connectivity index (χ2n) is 3.77. The van der Waals surface area contributed by atoms with Gasteiger partial charge in [0.15, 0.2) is 12.0 Å². The van der Waals surface area contributed by atoms with Crippen LogP contribution >= 0.6 is 0 Å². The number of hydrogen-bond donors (Lipinski definition) is 0. The Morgan fingerprint density at radius 2 is 2.12 bits per heavy atom. The van der Waals surface area contributed by atoms with Gasteiger partial charge in [0.2, 0.25) is 0 Å². The molecule has 1 aliphatic heterocycles. The molecular formula is C11H16N3O3. The lowest BCUT2D eigenvalue weighted by Gasteiger charge is -2.26. The van der Waals surface area contributed by atoms with Gasteiger partial charge in [-0.05, 0) is 12.1 Å². The van der Waals surface area contributed by atoms with E-state index in [2.05, 4.69) is 16.4 Å². The minimum Gasteiger partial charge on any atom is -0.377 e. The fraction of sp³-hybridized carbons (Fsp3) is 0.636. The maximum Gasteiger partial charge on any atom is 0.160 e. The highest BCUT2D eigenvalue weighted by Crippen LogP contribution is 2.27. The molecule has 1 fully saturated rings. The highest BCUT2D eigenvalue weighted by Gasteiger charge is 2.43. The Morgan fingerprint density at radius 3 is 2.65 bits per heavy atom. The molecule has 1 radical (unpaired) electrons. The molecule has 1 aromatic heterocycles. The van der Waals surface area contributed by atoms with Crippen molar-refractivity contribution in [2.75, 3.05) is 32.8 Å². The van der Waals surface area contributed by atoms with Crippen molar-refractivity contribution in [2.45, 2.75) is 18.4 Å². The van der Waals surface area contributed by atoms with Crippen LogP contribution in [0.5, 0.6) is 0 Å². The molecule has 0 N–H and O–H groups in total. The highest BCUT2D eigenvalue weighted by atomic mass is 16.6. The quantitative estimate of drug-likeness (QED) is 0.741. The van der Waals surface area contributed by atoms with Gasteiger partial charge >= 0.3 is 0 Å². The Labute approximate surface area is 100 Å². The number of anilines is 1. The van der Waals surface area contributed by atoms with E-state index in [9.17, 15) is 0 Å². The summed E-state index contributed by atoms with van der Waals surface area (Å²) >= 11 is 0. The molecule has 0 spiro atoms. The van der Waals surface area contributed by atoms with Crippen LogP contribution in [0.25, 0.3) is 0 Å². The van der Waals surface area contributed by atoms with E-state index in [1.807, 2.05) is 11.0 Å². The number of aromatic nitrogens is 2. The number of ether oxygens (including phenoxy) is 3. The van der Waals surface area contributed by atoms with E-state index in [0.29, 0.717) is 6.54 Å². The van der Waals surface area contributed by atoms with E-state index in [0.717, 1.165) is 5.82 Å². The van der Waals surface area contributed by atoms with Crippen LogP contribution in [-0.2, 0) is 14.2 Å². The Kier molecular flexibility index (Phi) is 3.88. The molecular weight excluding hydrogens is 222 g/mol. The van der Waals surface area contributed by atoms with Crippen LogP contribution in [0.15, 0.2) is 12.1 Å². The lowest BCUT2D eigenvalue weighted by atomic mass is 10.2. The fourth-order valence-corrected chi connectivity index (χ4v) is 2.14. The van der Waals surface area contributed by atoms with Gasteiger partial charge in [0.05, 0.1) is 6.54 Å². The molecule has 0 aliphatic carbocycles. The summed E-state index contributed by atoms with van der Waals surface area (Å²) in [4.78, 5) is 1.98. The average Bonchev–Trinajstić information content (AvgIpc) is 2.77. The first-order chi connectivity index (χ1) is 8.31. The largest absolute Gasteiger partial charge is 0.377 e. The lowest BCUT2D eigenvalue weighted by Crippen LogP contribution is -2.39. The first kappa shape index (κ1) is 12.2. The molecule has 6 heteroatoms. The van der Waals surface area contributed by atoms with Crippen LogP contribution < -0.4 is 4.90 Å². The summed E-state index contributed by atoms with van der Waals surface area (Å²) in [7, 11) is 4.96. The van der Waals surface area contributed by atoms with Gasteiger partial charge in [0, 0.05) is 21.3 Å². The van der Waals surface area contributed by atoms with Crippen LogP contribution in [0.3, 0.4) is 0 Å². The number of nitrogens with zero attached hydrogens (tertiary/aromatic N) is 3. The van der Waals surface area contributed by atoms with E-state index in [1.165, 1.54) is 0 Å². The topological polar surface area (TPSA) is 56.7 Å². The van der Waals surface area contributed by atoms with Crippen LogP contribution in [0.1, 0.15) is 0 Å². The molecule has 1 aliphatic rings. The summed E-state index contributed by atoms with van der Waals surface area (Å²) in [5.41, 5.74) is 0. The van der Waals surface area contributed by atoms with E-state index >= 15 is 0 Å². The van der Waals surface area contributed by atoms with Crippen LogP contribution in [0.2, 0.25) is 0 Å². The van der Waals surface area contributed by atoms with Crippen LogP contribution in [0.4, 0.5) is 5.82 Å². The van der Waals surface area contributed by atoms with E-state index in [1.54, 1.807) is 27.4 Å². The monoisotopic (exact) mass is 238 g/mol. The summed E-state index contributed by atoms with van der Waals surface area (Å²) < 4.78 is 16.3. The third-order valence-corrected chi connectivity index (χ3v) is 2.96. The minimum atomic E-state index is -0.221. The second-order valence-corrected chi connectivity index (χ2v) is 3.77. The lowest BCUT2D eigenvalue weighted by molar-refractivity contribution is -0.0703. The fourth-order valence-electron chi connectivity index (χ4n) is 2.14. The van der Waals surface area contributed by atoms with Crippen molar-refractivity contribution in [2.24, 2.45) is 0 Å². The first-order valence-electron chi connectivity index (χ1n) is 5.36. The summed E-state index contributed by atoms with van der Waals surface area (Å²) in [6.07, 6.45) is 2.24. The number of rotatable bonds is 4. The summed E-state index contributed by atoms with van der Waals surface area (Å²) in [5, 5.41) is 7.77. The van der Waals surface area contributed by atoms with E-state index in [-0.39, 0.29) is 18.4 Å². The van der Waals surface area contributed by atoms with E-state index in [4.69, 9.17) is 14.2 Å².